The Hall–Kier alpha value is -0.400. The van der Waals surface area contributed by atoms with Crippen molar-refractivity contribution in [2.75, 3.05) is 151 Å². The van der Waals surface area contributed by atoms with Crippen LogP contribution in [0.4, 0.5) is 0 Å². The zero-order valence-corrected chi connectivity index (χ0v) is 23.8. The van der Waals surface area contributed by atoms with Crippen molar-refractivity contribution in [3.8, 4) is 12.3 Å². The van der Waals surface area contributed by atoms with E-state index in [2.05, 4.69) is 21.9 Å². The Bertz CT molecular complexity index is 455. The third kappa shape index (κ3) is 35.6. The average molecular weight is 604 g/mol. The Kier molecular flexibility index (Phi) is 35.2. The molecular formula is C25H47BrO11. The standard InChI is InChI=1S/C25H47BrO11/c1-2-4-27-6-8-29-10-12-31-14-16-33-18-20-35-22-24-37-25-23-36-21-19-34-17-15-32-13-11-30-9-7-28-5-3-26/h1H,3-25H2. The zero-order valence-electron chi connectivity index (χ0n) is 22.2. The lowest BCUT2D eigenvalue weighted by Gasteiger charge is -2.09. The van der Waals surface area contributed by atoms with Crippen LogP contribution in [0.25, 0.3) is 0 Å². The molecule has 0 aliphatic carbocycles. The summed E-state index contributed by atoms with van der Waals surface area (Å²) in [7, 11) is 0. The van der Waals surface area contributed by atoms with Crippen molar-refractivity contribution < 1.29 is 52.1 Å². The molecule has 0 bridgehead atoms. The molecular weight excluding hydrogens is 556 g/mol. The number of terminal acetylenes is 1. The van der Waals surface area contributed by atoms with E-state index in [1.165, 1.54) is 0 Å². The molecule has 220 valence electrons. The van der Waals surface area contributed by atoms with E-state index in [0.717, 1.165) is 5.33 Å². The topological polar surface area (TPSA) is 102 Å². The van der Waals surface area contributed by atoms with Gasteiger partial charge in [-0.05, 0) is 0 Å². The summed E-state index contributed by atoms with van der Waals surface area (Å²) < 4.78 is 59.1. The second-order valence-corrected chi connectivity index (χ2v) is 7.86. The van der Waals surface area contributed by atoms with Crippen LogP contribution in [0.5, 0.6) is 0 Å². The van der Waals surface area contributed by atoms with E-state index in [0.29, 0.717) is 145 Å². The Morgan fingerprint density at radius 1 is 0.324 bits per heavy atom. The van der Waals surface area contributed by atoms with Crippen LogP contribution in [0.15, 0.2) is 0 Å². The Morgan fingerprint density at radius 3 is 0.703 bits per heavy atom. The molecule has 12 heteroatoms. The first-order chi connectivity index (χ1) is 18.4. The number of alkyl halides is 1. The Labute approximate surface area is 231 Å². The van der Waals surface area contributed by atoms with Crippen LogP contribution >= 0.6 is 15.9 Å². The lowest BCUT2D eigenvalue weighted by atomic mass is 10.6. The van der Waals surface area contributed by atoms with E-state index in [-0.39, 0.29) is 0 Å². The molecule has 0 heterocycles. The first kappa shape index (κ1) is 36.6. The van der Waals surface area contributed by atoms with E-state index in [1.54, 1.807) is 0 Å². The summed E-state index contributed by atoms with van der Waals surface area (Å²) in [6.45, 7) is 11.6. The number of rotatable bonds is 33. The molecule has 0 aliphatic heterocycles. The minimum atomic E-state index is 0.310. The van der Waals surface area contributed by atoms with Gasteiger partial charge < -0.3 is 52.1 Å². The summed E-state index contributed by atoms with van der Waals surface area (Å²) >= 11 is 3.30. The minimum absolute atomic E-state index is 0.310. The molecule has 37 heavy (non-hydrogen) atoms. The van der Waals surface area contributed by atoms with Crippen LogP contribution in [0.2, 0.25) is 0 Å². The fraction of sp³-hybridized carbons (Fsp3) is 0.920. The number of halogens is 1. The van der Waals surface area contributed by atoms with E-state index >= 15 is 0 Å². The molecule has 0 radical (unpaired) electrons. The van der Waals surface area contributed by atoms with Crippen LogP contribution in [0, 0.1) is 12.3 Å². The molecule has 0 saturated heterocycles. The van der Waals surface area contributed by atoms with Crippen molar-refractivity contribution in [2.24, 2.45) is 0 Å². The van der Waals surface area contributed by atoms with E-state index in [4.69, 9.17) is 58.5 Å². The predicted octanol–water partition coefficient (Wildman–Crippen LogP) is 1.20. The molecule has 0 aromatic carbocycles. The molecule has 0 aromatic rings. The monoisotopic (exact) mass is 602 g/mol. The summed E-state index contributed by atoms with van der Waals surface area (Å²) in [5.41, 5.74) is 0. The van der Waals surface area contributed by atoms with Gasteiger partial charge in [0.15, 0.2) is 0 Å². The Morgan fingerprint density at radius 2 is 0.514 bits per heavy atom. The smallest absolute Gasteiger partial charge is 0.107 e. The highest BCUT2D eigenvalue weighted by molar-refractivity contribution is 9.09. The summed E-state index contributed by atoms with van der Waals surface area (Å²) in [4.78, 5) is 0. The van der Waals surface area contributed by atoms with Gasteiger partial charge in [0, 0.05) is 5.33 Å². The molecule has 0 aliphatic rings. The van der Waals surface area contributed by atoms with Crippen molar-refractivity contribution in [3.63, 3.8) is 0 Å². The van der Waals surface area contributed by atoms with E-state index < -0.39 is 0 Å². The average Bonchev–Trinajstić information content (AvgIpc) is 2.91. The third-order valence-corrected chi connectivity index (χ3v) is 4.45. The van der Waals surface area contributed by atoms with Gasteiger partial charge in [0.2, 0.25) is 0 Å². The van der Waals surface area contributed by atoms with Gasteiger partial charge in [-0.25, -0.2) is 0 Å². The van der Waals surface area contributed by atoms with Crippen molar-refractivity contribution in [1.29, 1.82) is 0 Å². The van der Waals surface area contributed by atoms with E-state index in [9.17, 15) is 0 Å². The molecule has 0 unspecified atom stereocenters. The van der Waals surface area contributed by atoms with Crippen LogP contribution in [-0.4, -0.2) is 151 Å². The molecule has 0 spiro atoms. The van der Waals surface area contributed by atoms with Gasteiger partial charge in [-0.1, -0.05) is 21.9 Å². The molecule has 0 aromatic heterocycles. The first-order valence-corrected chi connectivity index (χ1v) is 13.9. The van der Waals surface area contributed by atoms with Gasteiger partial charge in [-0.15, -0.1) is 6.42 Å². The fourth-order valence-corrected chi connectivity index (χ4v) is 2.61. The van der Waals surface area contributed by atoms with Crippen LogP contribution < -0.4 is 0 Å². The largest absolute Gasteiger partial charge is 0.378 e. The van der Waals surface area contributed by atoms with Crippen molar-refractivity contribution in [2.45, 2.75) is 0 Å². The fourth-order valence-electron chi connectivity index (χ4n) is 2.38. The van der Waals surface area contributed by atoms with Crippen LogP contribution in [0.1, 0.15) is 0 Å². The second-order valence-electron chi connectivity index (χ2n) is 7.07. The zero-order chi connectivity index (χ0) is 26.7. The highest BCUT2D eigenvalue weighted by Crippen LogP contribution is 1.87. The van der Waals surface area contributed by atoms with Gasteiger partial charge >= 0.3 is 0 Å². The maximum Gasteiger partial charge on any atom is 0.107 e. The summed E-state index contributed by atoms with van der Waals surface area (Å²) in [6.07, 6.45) is 5.07. The molecule has 11 nitrogen and oxygen atoms in total. The maximum atomic E-state index is 5.45. The molecule has 0 N–H and O–H groups in total. The highest BCUT2D eigenvalue weighted by Gasteiger charge is 1.96. The van der Waals surface area contributed by atoms with Gasteiger partial charge in [0.05, 0.1) is 139 Å². The molecule has 0 atom stereocenters. The van der Waals surface area contributed by atoms with Crippen molar-refractivity contribution in [3.05, 3.63) is 0 Å². The van der Waals surface area contributed by atoms with E-state index in [1.807, 2.05) is 0 Å². The van der Waals surface area contributed by atoms with Crippen molar-refractivity contribution in [1.82, 2.24) is 0 Å². The van der Waals surface area contributed by atoms with Gasteiger partial charge in [-0.2, -0.15) is 0 Å². The minimum Gasteiger partial charge on any atom is -0.378 e. The van der Waals surface area contributed by atoms with Crippen molar-refractivity contribution >= 4 is 15.9 Å². The summed E-state index contributed by atoms with van der Waals surface area (Å²) in [6, 6.07) is 0. The lowest BCUT2D eigenvalue weighted by Crippen LogP contribution is -2.15. The lowest BCUT2D eigenvalue weighted by molar-refractivity contribution is -0.0271. The number of hydrogen-bond acceptors (Lipinski definition) is 11. The van der Waals surface area contributed by atoms with Gasteiger partial charge in [0.1, 0.15) is 6.61 Å². The summed E-state index contributed by atoms with van der Waals surface area (Å²) in [5.74, 6) is 2.40. The van der Waals surface area contributed by atoms with Crippen LogP contribution in [-0.2, 0) is 52.1 Å². The normalized spacial score (nSPS) is 11.2. The van der Waals surface area contributed by atoms with Gasteiger partial charge in [0.25, 0.3) is 0 Å². The quantitative estimate of drug-likeness (QED) is 0.0615. The highest BCUT2D eigenvalue weighted by atomic mass is 79.9. The predicted molar refractivity (Wildman–Crippen MR) is 142 cm³/mol. The maximum absolute atomic E-state index is 5.45. The number of hydrogen-bond donors (Lipinski definition) is 0. The second kappa shape index (κ2) is 35.6. The van der Waals surface area contributed by atoms with Gasteiger partial charge in [-0.3, -0.25) is 0 Å². The molecule has 0 amide bonds. The SMILES string of the molecule is C#CCOCCOCCOCCOCCOCCOCCOCCOCCOCCOCCOCCBr. The third-order valence-electron chi connectivity index (χ3n) is 4.13. The summed E-state index contributed by atoms with van der Waals surface area (Å²) in [5, 5.41) is 0.839. The molecule has 0 saturated carbocycles. The Balaban J connectivity index is 3.01. The first-order valence-electron chi connectivity index (χ1n) is 12.8. The number of ether oxygens (including phenoxy) is 11. The molecule has 0 rings (SSSR count). The van der Waals surface area contributed by atoms with Crippen LogP contribution in [0.3, 0.4) is 0 Å². The molecule has 0 fully saturated rings.